The molecule has 2 aromatic rings. The average molecular weight is 338 g/mol. The maximum absolute atomic E-state index is 13.0. The molecule has 0 aliphatic carbocycles. The molecule has 0 heterocycles. The minimum absolute atomic E-state index is 0.00924. The van der Waals surface area contributed by atoms with Crippen molar-refractivity contribution in [3.8, 4) is 5.75 Å². The maximum Gasteiger partial charge on any atom is 0.326 e. The number of carboxylic acid groups (broad SMARTS) is 1. The molecule has 1 amide bonds. The highest BCUT2D eigenvalue weighted by Gasteiger charge is 2.22. The van der Waals surface area contributed by atoms with Crippen molar-refractivity contribution in [2.45, 2.75) is 12.5 Å². The standard InChI is InChI=1S/C16H13ClFNO4/c17-13-8-10(18)3-6-12(13)15(21)19-14(16(22)23)7-9-1-4-11(20)5-2-9/h1-6,8,14,20H,7H2,(H,19,21)(H,22,23). The van der Waals surface area contributed by atoms with Crippen molar-refractivity contribution in [2.75, 3.05) is 0 Å². The number of phenolic OH excluding ortho intramolecular Hbond substituents is 1. The van der Waals surface area contributed by atoms with Gasteiger partial charge in [0.15, 0.2) is 0 Å². The fourth-order valence-electron chi connectivity index (χ4n) is 1.98. The van der Waals surface area contributed by atoms with Crippen LogP contribution >= 0.6 is 11.6 Å². The van der Waals surface area contributed by atoms with Gasteiger partial charge in [-0.2, -0.15) is 0 Å². The number of hydrogen-bond donors (Lipinski definition) is 3. The molecule has 0 aromatic heterocycles. The van der Waals surface area contributed by atoms with Crippen LogP contribution in [-0.4, -0.2) is 28.1 Å². The van der Waals surface area contributed by atoms with E-state index in [1.807, 2.05) is 0 Å². The third-order valence-electron chi connectivity index (χ3n) is 3.16. The number of nitrogens with one attached hydrogen (secondary N) is 1. The minimum Gasteiger partial charge on any atom is -0.508 e. The van der Waals surface area contributed by atoms with E-state index >= 15 is 0 Å². The molecule has 3 N–H and O–H groups in total. The van der Waals surface area contributed by atoms with Crippen LogP contribution in [0.25, 0.3) is 0 Å². The van der Waals surface area contributed by atoms with E-state index < -0.39 is 23.7 Å². The summed E-state index contributed by atoms with van der Waals surface area (Å²) < 4.78 is 13.0. The predicted molar refractivity (Wildman–Crippen MR) is 82.1 cm³/mol. The summed E-state index contributed by atoms with van der Waals surface area (Å²) in [6, 6.07) is 8.01. The lowest BCUT2D eigenvalue weighted by atomic mass is 10.1. The van der Waals surface area contributed by atoms with E-state index in [9.17, 15) is 24.2 Å². The molecule has 0 aliphatic rings. The number of aromatic hydroxyl groups is 1. The Morgan fingerprint density at radius 3 is 2.39 bits per heavy atom. The quantitative estimate of drug-likeness (QED) is 0.782. The molecule has 0 saturated carbocycles. The highest BCUT2D eigenvalue weighted by Crippen LogP contribution is 2.18. The molecular weight excluding hydrogens is 325 g/mol. The number of halogens is 2. The molecule has 5 nitrogen and oxygen atoms in total. The number of carbonyl (C=O) groups is 2. The number of hydrogen-bond acceptors (Lipinski definition) is 3. The summed E-state index contributed by atoms with van der Waals surface area (Å²) in [7, 11) is 0. The van der Waals surface area contributed by atoms with Gasteiger partial charge in [0.1, 0.15) is 17.6 Å². The van der Waals surface area contributed by atoms with Crippen molar-refractivity contribution >= 4 is 23.5 Å². The summed E-state index contributed by atoms with van der Waals surface area (Å²) in [6.45, 7) is 0. The Labute approximate surface area is 136 Å². The van der Waals surface area contributed by atoms with Crippen molar-refractivity contribution in [3.05, 3.63) is 64.4 Å². The zero-order valence-corrected chi connectivity index (χ0v) is 12.5. The Hall–Kier alpha value is -2.60. The van der Waals surface area contributed by atoms with Crippen LogP contribution in [0.2, 0.25) is 5.02 Å². The number of carbonyl (C=O) groups excluding carboxylic acids is 1. The van der Waals surface area contributed by atoms with Gasteiger partial charge in [-0.3, -0.25) is 4.79 Å². The first-order valence-electron chi connectivity index (χ1n) is 6.63. The Balaban J connectivity index is 2.14. The van der Waals surface area contributed by atoms with Gasteiger partial charge in [0.05, 0.1) is 10.6 Å². The molecule has 0 bridgehead atoms. The van der Waals surface area contributed by atoms with Crippen LogP contribution in [0.15, 0.2) is 42.5 Å². The second kappa shape index (κ2) is 7.11. The van der Waals surface area contributed by atoms with Gasteiger partial charge in [-0.1, -0.05) is 23.7 Å². The first-order chi connectivity index (χ1) is 10.9. The van der Waals surface area contributed by atoms with Crippen molar-refractivity contribution < 1.29 is 24.2 Å². The van der Waals surface area contributed by atoms with Crippen LogP contribution < -0.4 is 5.32 Å². The lowest BCUT2D eigenvalue weighted by Gasteiger charge is -2.15. The zero-order valence-electron chi connectivity index (χ0n) is 11.8. The van der Waals surface area contributed by atoms with E-state index in [4.69, 9.17) is 11.6 Å². The van der Waals surface area contributed by atoms with E-state index in [0.717, 1.165) is 12.1 Å². The second-order valence-electron chi connectivity index (χ2n) is 4.86. The third-order valence-corrected chi connectivity index (χ3v) is 3.47. The first kappa shape index (κ1) is 16.8. The van der Waals surface area contributed by atoms with Gasteiger partial charge >= 0.3 is 5.97 Å². The van der Waals surface area contributed by atoms with Crippen LogP contribution in [0.3, 0.4) is 0 Å². The van der Waals surface area contributed by atoms with Crippen LogP contribution in [0.4, 0.5) is 4.39 Å². The lowest BCUT2D eigenvalue weighted by molar-refractivity contribution is -0.139. The fraction of sp³-hybridized carbons (Fsp3) is 0.125. The molecule has 0 fully saturated rings. The molecule has 7 heteroatoms. The molecule has 1 unspecified atom stereocenters. The Bertz CT molecular complexity index is 733. The molecule has 0 radical (unpaired) electrons. The van der Waals surface area contributed by atoms with Gasteiger partial charge in [0, 0.05) is 6.42 Å². The van der Waals surface area contributed by atoms with E-state index in [1.165, 1.54) is 18.2 Å². The van der Waals surface area contributed by atoms with E-state index in [2.05, 4.69) is 5.32 Å². The van der Waals surface area contributed by atoms with Crippen molar-refractivity contribution in [2.24, 2.45) is 0 Å². The SMILES string of the molecule is O=C(NC(Cc1ccc(O)cc1)C(=O)O)c1ccc(F)cc1Cl. The Kier molecular flexibility index (Phi) is 5.18. The normalized spacial score (nSPS) is 11.7. The Morgan fingerprint density at radius 2 is 1.83 bits per heavy atom. The summed E-state index contributed by atoms with van der Waals surface area (Å²) in [6.07, 6.45) is 0.0279. The van der Waals surface area contributed by atoms with Crippen molar-refractivity contribution in [1.29, 1.82) is 0 Å². The summed E-state index contributed by atoms with van der Waals surface area (Å²) >= 11 is 5.79. The molecule has 2 rings (SSSR count). The number of amides is 1. The minimum atomic E-state index is -1.22. The smallest absolute Gasteiger partial charge is 0.326 e. The van der Waals surface area contributed by atoms with Gasteiger partial charge in [0.25, 0.3) is 5.91 Å². The third kappa shape index (κ3) is 4.43. The van der Waals surface area contributed by atoms with E-state index in [1.54, 1.807) is 12.1 Å². The number of phenols is 1. The monoisotopic (exact) mass is 337 g/mol. The summed E-state index contributed by atoms with van der Waals surface area (Å²) in [5.74, 6) is -2.46. The van der Waals surface area contributed by atoms with Crippen molar-refractivity contribution in [3.63, 3.8) is 0 Å². The molecule has 23 heavy (non-hydrogen) atoms. The van der Waals surface area contributed by atoms with E-state index in [0.29, 0.717) is 5.56 Å². The van der Waals surface area contributed by atoms with Crippen LogP contribution in [-0.2, 0) is 11.2 Å². The van der Waals surface area contributed by atoms with Gasteiger partial charge in [-0.25, -0.2) is 9.18 Å². The largest absolute Gasteiger partial charge is 0.508 e. The number of carboxylic acids is 1. The molecule has 0 spiro atoms. The summed E-state index contributed by atoms with van der Waals surface area (Å²) in [5, 5.41) is 20.7. The molecule has 2 aromatic carbocycles. The fourth-order valence-corrected chi connectivity index (χ4v) is 2.23. The second-order valence-corrected chi connectivity index (χ2v) is 5.27. The topological polar surface area (TPSA) is 86.6 Å². The average Bonchev–Trinajstić information content (AvgIpc) is 2.48. The number of rotatable bonds is 5. The highest BCUT2D eigenvalue weighted by molar-refractivity contribution is 6.33. The lowest BCUT2D eigenvalue weighted by Crippen LogP contribution is -2.42. The highest BCUT2D eigenvalue weighted by atomic mass is 35.5. The molecule has 120 valence electrons. The number of aliphatic carboxylic acids is 1. The van der Waals surface area contributed by atoms with Gasteiger partial charge < -0.3 is 15.5 Å². The van der Waals surface area contributed by atoms with Crippen LogP contribution in [0, 0.1) is 5.82 Å². The van der Waals surface area contributed by atoms with Gasteiger partial charge in [-0.15, -0.1) is 0 Å². The van der Waals surface area contributed by atoms with E-state index in [-0.39, 0.29) is 22.8 Å². The first-order valence-corrected chi connectivity index (χ1v) is 7.01. The van der Waals surface area contributed by atoms with Gasteiger partial charge in [0.2, 0.25) is 0 Å². The maximum atomic E-state index is 13.0. The summed E-state index contributed by atoms with van der Waals surface area (Å²) in [4.78, 5) is 23.4. The molecular formula is C16H13ClFNO4. The van der Waals surface area contributed by atoms with Crippen molar-refractivity contribution in [1.82, 2.24) is 5.32 Å². The summed E-state index contributed by atoms with van der Waals surface area (Å²) in [5.41, 5.74) is 0.616. The molecule has 1 atom stereocenters. The number of benzene rings is 2. The van der Waals surface area contributed by atoms with Crippen LogP contribution in [0.5, 0.6) is 5.75 Å². The molecule has 0 aliphatic heterocycles. The van der Waals surface area contributed by atoms with Gasteiger partial charge in [-0.05, 0) is 35.9 Å². The predicted octanol–water partition coefficient (Wildman–Crippen LogP) is 2.61. The zero-order chi connectivity index (χ0) is 17.0. The van der Waals surface area contributed by atoms with Crippen LogP contribution in [0.1, 0.15) is 15.9 Å². The molecule has 0 saturated heterocycles. The Morgan fingerprint density at radius 1 is 1.17 bits per heavy atom.